The molecule has 1 aliphatic heterocycles. The van der Waals surface area contributed by atoms with Gasteiger partial charge in [0.25, 0.3) is 0 Å². The van der Waals surface area contributed by atoms with Crippen molar-refractivity contribution >= 4 is 39.3 Å². The highest BCUT2D eigenvalue weighted by Crippen LogP contribution is 2.28. The van der Waals surface area contributed by atoms with E-state index in [1.165, 1.54) is 0 Å². The molecule has 0 bridgehead atoms. The number of nitrogens with zero attached hydrogens (tertiary/aromatic N) is 7. The molecule has 0 aliphatic carbocycles. The van der Waals surface area contributed by atoms with E-state index in [1.807, 2.05) is 54.1 Å². The van der Waals surface area contributed by atoms with E-state index in [2.05, 4.69) is 44.7 Å². The fourth-order valence-electron chi connectivity index (χ4n) is 4.23. The van der Waals surface area contributed by atoms with E-state index in [-0.39, 0.29) is 0 Å². The zero-order valence-corrected chi connectivity index (χ0v) is 18.6. The highest BCUT2D eigenvalue weighted by molar-refractivity contribution is 5.85. The molecule has 4 heterocycles. The van der Waals surface area contributed by atoms with E-state index in [4.69, 9.17) is 14.7 Å². The molecule has 1 saturated heterocycles. The van der Waals surface area contributed by atoms with Crippen molar-refractivity contribution in [2.75, 3.05) is 36.5 Å². The molecule has 0 radical (unpaired) electrons. The first-order valence-corrected chi connectivity index (χ1v) is 11.0. The molecule has 0 amide bonds. The second kappa shape index (κ2) is 7.86. The van der Waals surface area contributed by atoms with Crippen molar-refractivity contribution in [1.82, 2.24) is 29.5 Å². The summed E-state index contributed by atoms with van der Waals surface area (Å²) in [7, 11) is 3.88. The number of ether oxygens (including phenoxy) is 1. The summed E-state index contributed by atoms with van der Waals surface area (Å²) in [6.45, 7) is 2.89. The van der Waals surface area contributed by atoms with E-state index >= 15 is 0 Å². The second-order valence-electron chi connectivity index (χ2n) is 8.28. The Balaban J connectivity index is 1.42. The van der Waals surface area contributed by atoms with Crippen LogP contribution in [0.25, 0.3) is 33.1 Å². The van der Waals surface area contributed by atoms with Gasteiger partial charge in [0, 0.05) is 61.5 Å². The first-order chi connectivity index (χ1) is 16.1. The Morgan fingerprint density at radius 3 is 2.70 bits per heavy atom. The van der Waals surface area contributed by atoms with Crippen molar-refractivity contribution in [1.29, 1.82) is 0 Å². The molecule has 1 aliphatic rings. The number of morpholine rings is 1. The Morgan fingerprint density at radius 1 is 0.939 bits per heavy atom. The van der Waals surface area contributed by atoms with Crippen molar-refractivity contribution in [3.63, 3.8) is 0 Å². The summed E-state index contributed by atoms with van der Waals surface area (Å²) in [5.41, 5.74) is 4.86. The number of aromatic nitrogens is 6. The van der Waals surface area contributed by atoms with Gasteiger partial charge in [-0.05, 0) is 24.3 Å². The van der Waals surface area contributed by atoms with Gasteiger partial charge in [0.15, 0.2) is 0 Å². The van der Waals surface area contributed by atoms with Crippen LogP contribution in [0.4, 0.5) is 17.5 Å². The molecule has 0 spiro atoms. The minimum absolute atomic E-state index is 0.676. The maximum absolute atomic E-state index is 5.53. The number of aryl methyl sites for hydroxylation is 2. The van der Waals surface area contributed by atoms with Gasteiger partial charge in [-0.3, -0.25) is 9.36 Å². The second-order valence-corrected chi connectivity index (χ2v) is 8.28. The average Bonchev–Trinajstić information content (AvgIpc) is 3.40. The zero-order valence-electron chi connectivity index (χ0n) is 18.6. The molecule has 0 atom stereocenters. The molecular weight excluding hydrogens is 416 g/mol. The molecule has 166 valence electrons. The Kier molecular flexibility index (Phi) is 4.69. The van der Waals surface area contributed by atoms with Crippen LogP contribution < -0.4 is 10.2 Å². The molecule has 5 aromatic rings. The van der Waals surface area contributed by atoms with Crippen LogP contribution in [0.15, 0.2) is 54.9 Å². The number of benzene rings is 2. The summed E-state index contributed by atoms with van der Waals surface area (Å²) in [6.07, 6.45) is 3.88. The van der Waals surface area contributed by atoms with Gasteiger partial charge in [-0.1, -0.05) is 12.1 Å². The van der Waals surface area contributed by atoms with Crippen LogP contribution in [0, 0.1) is 0 Å². The normalized spacial score (nSPS) is 14.3. The quantitative estimate of drug-likeness (QED) is 0.458. The van der Waals surface area contributed by atoms with E-state index < -0.39 is 0 Å². The van der Waals surface area contributed by atoms with Crippen LogP contribution >= 0.6 is 0 Å². The maximum atomic E-state index is 5.53. The van der Waals surface area contributed by atoms with Crippen LogP contribution in [0.1, 0.15) is 0 Å². The molecular formula is C24H24N8O. The Bertz CT molecular complexity index is 1460. The third kappa shape index (κ3) is 3.76. The van der Waals surface area contributed by atoms with Gasteiger partial charge in [0.1, 0.15) is 5.82 Å². The predicted octanol–water partition coefficient (Wildman–Crippen LogP) is 3.50. The van der Waals surface area contributed by atoms with Crippen LogP contribution in [0.5, 0.6) is 0 Å². The summed E-state index contributed by atoms with van der Waals surface area (Å²) in [4.78, 5) is 11.9. The summed E-state index contributed by atoms with van der Waals surface area (Å²) >= 11 is 0. The lowest BCUT2D eigenvalue weighted by Gasteiger charge is -2.27. The minimum Gasteiger partial charge on any atom is -0.378 e. The van der Waals surface area contributed by atoms with Gasteiger partial charge in [0.2, 0.25) is 5.95 Å². The lowest BCUT2D eigenvalue weighted by Crippen LogP contribution is -2.37. The predicted molar refractivity (Wildman–Crippen MR) is 129 cm³/mol. The summed E-state index contributed by atoms with van der Waals surface area (Å²) in [5.74, 6) is 1.45. The van der Waals surface area contributed by atoms with Crippen LogP contribution in [-0.4, -0.2) is 55.8 Å². The lowest BCUT2D eigenvalue weighted by molar-refractivity contribution is 0.122. The number of hydrogen-bond donors (Lipinski definition) is 1. The SMILES string of the molecule is Cn1cc2cc(Nc3cc(-c4ccc5cnn(C)c5c4)nc(N4CCOCC4)n3)ccc2n1. The topological polar surface area (TPSA) is 85.9 Å². The number of nitrogens with one attached hydrogen (secondary N) is 1. The smallest absolute Gasteiger partial charge is 0.228 e. The van der Waals surface area contributed by atoms with Gasteiger partial charge < -0.3 is 15.0 Å². The molecule has 33 heavy (non-hydrogen) atoms. The van der Waals surface area contributed by atoms with Gasteiger partial charge >= 0.3 is 0 Å². The molecule has 0 unspecified atom stereocenters. The first-order valence-electron chi connectivity index (χ1n) is 11.0. The standard InChI is InChI=1S/C24H24N8O/c1-30-15-18-11-19(5-6-20(18)29-30)26-23-13-21(27-24(28-23)32-7-9-33-10-8-32)16-3-4-17-14-25-31(2)22(17)12-16/h3-6,11-15H,7-10H2,1-2H3,(H,26,27,28). The number of hydrogen-bond acceptors (Lipinski definition) is 7. The number of rotatable bonds is 4. The lowest BCUT2D eigenvalue weighted by atomic mass is 10.1. The minimum atomic E-state index is 0.676. The van der Waals surface area contributed by atoms with Crippen molar-refractivity contribution < 1.29 is 4.74 Å². The fraction of sp³-hybridized carbons (Fsp3) is 0.250. The molecule has 9 nitrogen and oxygen atoms in total. The van der Waals surface area contributed by atoms with Gasteiger partial charge in [-0.25, -0.2) is 4.98 Å². The van der Waals surface area contributed by atoms with Crippen LogP contribution in [-0.2, 0) is 18.8 Å². The third-order valence-corrected chi connectivity index (χ3v) is 5.94. The molecule has 6 rings (SSSR count). The molecule has 9 heteroatoms. The Hall–Kier alpha value is -3.98. The van der Waals surface area contributed by atoms with Crippen LogP contribution in [0.3, 0.4) is 0 Å². The zero-order chi connectivity index (χ0) is 22.4. The Labute approximate surface area is 190 Å². The molecule has 3 aromatic heterocycles. The summed E-state index contributed by atoms with van der Waals surface area (Å²) in [5, 5.41) is 14.5. The molecule has 0 saturated carbocycles. The average molecular weight is 441 g/mol. The van der Waals surface area contributed by atoms with Gasteiger partial charge in [0.05, 0.1) is 36.1 Å². The van der Waals surface area contributed by atoms with Crippen LogP contribution in [0.2, 0.25) is 0 Å². The molecule has 1 fully saturated rings. The number of fused-ring (bicyclic) bond motifs is 2. The van der Waals surface area contributed by atoms with Gasteiger partial charge in [-0.2, -0.15) is 15.2 Å². The fourth-order valence-corrected chi connectivity index (χ4v) is 4.23. The van der Waals surface area contributed by atoms with Crippen molar-refractivity contribution in [2.24, 2.45) is 14.1 Å². The van der Waals surface area contributed by atoms with Gasteiger partial charge in [-0.15, -0.1) is 0 Å². The van der Waals surface area contributed by atoms with E-state index in [0.717, 1.165) is 57.7 Å². The third-order valence-electron chi connectivity index (χ3n) is 5.94. The highest BCUT2D eigenvalue weighted by atomic mass is 16.5. The van der Waals surface area contributed by atoms with Crippen molar-refractivity contribution in [3.05, 3.63) is 54.9 Å². The monoisotopic (exact) mass is 440 g/mol. The Morgan fingerprint density at radius 2 is 1.82 bits per heavy atom. The largest absolute Gasteiger partial charge is 0.378 e. The summed E-state index contributed by atoms with van der Waals surface area (Å²) in [6, 6.07) is 14.4. The highest BCUT2D eigenvalue weighted by Gasteiger charge is 2.17. The molecule has 2 aromatic carbocycles. The van der Waals surface area contributed by atoms with Crippen molar-refractivity contribution in [3.8, 4) is 11.3 Å². The van der Waals surface area contributed by atoms with E-state index in [1.54, 1.807) is 0 Å². The molecule has 1 N–H and O–H groups in total. The summed E-state index contributed by atoms with van der Waals surface area (Å²) < 4.78 is 9.23. The first kappa shape index (κ1) is 19.7. The van der Waals surface area contributed by atoms with E-state index in [9.17, 15) is 0 Å². The maximum Gasteiger partial charge on any atom is 0.228 e. The number of anilines is 3. The van der Waals surface area contributed by atoms with Crippen molar-refractivity contribution in [2.45, 2.75) is 0 Å². The van der Waals surface area contributed by atoms with E-state index in [0.29, 0.717) is 19.2 Å².